The van der Waals surface area contributed by atoms with Crippen LogP contribution >= 0.6 is 0 Å². The maximum Gasteiger partial charge on any atom is 0.256 e. The Morgan fingerprint density at radius 2 is 1.91 bits per heavy atom. The van der Waals surface area contributed by atoms with Crippen molar-refractivity contribution < 1.29 is 13.2 Å². The Labute approximate surface area is 184 Å². The second kappa shape index (κ2) is 8.63. The van der Waals surface area contributed by atoms with Crippen LogP contribution < -0.4 is 5.32 Å². The van der Waals surface area contributed by atoms with E-state index in [-0.39, 0.29) is 21.5 Å². The molecule has 32 heavy (non-hydrogen) atoms. The van der Waals surface area contributed by atoms with Gasteiger partial charge in [-0.2, -0.15) is 0 Å². The van der Waals surface area contributed by atoms with Crippen molar-refractivity contribution in [2.75, 3.05) is 5.32 Å². The third-order valence-electron chi connectivity index (χ3n) is 4.59. The highest BCUT2D eigenvalue weighted by atomic mass is 32.2. The number of hydrogen-bond acceptors (Lipinski definition) is 8. The molecule has 10 nitrogen and oxygen atoms in total. The Morgan fingerprint density at radius 3 is 2.66 bits per heavy atom. The van der Waals surface area contributed by atoms with E-state index in [0.29, 0.717) is 17.3 Å². The van der Waals surface area contributed by atoms with Gasteiger partial charge in [0.25, 0.3) is 5.91 Å². The van der Waals surface area contributed by atoms with Crippen LogP contribution in [-0.4, -0.2) is 44.0 Å². The van der Waals surface area contributed by atoms with E-state index >= 15 is 0 Å². The number of sulfone groups is 1. The number of pyridine rings is 1. The van der Waals surface area contributed by atoms with Gasteiger partial charge in [0.2, 0.25) is 9.84 Å². The lowest BCUT2D eigenvalue weighted by Gasteiger charge is -2.11. The fraction of sp³-hybridized carbons (Fsp3) is 0.143. The maximum absolute atomic E-state index is 12.8. The summed E-state index contributed by atoms with van der Waals surface area (Å²) in [5.74, 6) is 0.378. The molecule has 0 saturated heterocycles. The molecule has 0 aliphatic rings. The molecule has 0 aliphatic heterocycles. The SMILES string of the molecule is CC(C)n1cnnc1-c1cccc(NC(=O)c2cccc(S(=O)(=O)c3ccncn3)c2)n1. The monoisotopic (exact) mass is 449 g/mol. The first-order valence-electron chi connectivity index (χ1n) is 9.66. The molecule has 0 spiro atoms. The van der Waals surface area contributed by atoms with Gasteiger partial charge in [0.1, 0.15) is 24.2 Å². The summed E-state index contributed by atoms with van der Waals surface area (Å²) in [6.45, 7) is 4.00. The van der Waals surface area contributed by atoms with Gasteiger partial charge in [0.15, 0.2) is 10.9 Å². The van der Waals surface area contributed by atoms with Gasteiger partial charge in [-0.3, -0.25) is 4.79 Å². The number of hydrogen-bond donors (Lipinski definition) is 1. The second-order valence-corrected chi connectivity index (χ2v) is 8.99. The maximum atomic E-state index is 12.8. The first-order chi connectivity index (χ1) is 15.4. The van der Waals surface area contributed by atoms with Crippen molar-refractivity contribution in [3.05, 3.63) is 72.9 Å². The van der Waals surface area contributed by atoms with Crippen molar-refractivity contribution >= 4 is 21.6 Å². The van der Waals surface area contributed by atoms with Crippen LogP contribution in [0.5, 0.6) is 0 Å². The van der Waals surface area contributed by atoms with E-state index in [4.69, 9.17) is 0 Å². The molecule has 4 rings (SSSR count). The molecule has 11 heteroatoms. The molecule has 0 radical (unpaired) electrons. The molecule has 0 aliphatic carbocycles. The van der Waals surface area contributed by atoms with Crippen molar-refractivity contribution in [2.45, 2.75) is 29.8 Å². The average molecular weight is 449 g/mol. The lowest BCUT2D eigenvalue weighted by atomic mass is 10.2. The first-order valence-corrected chi connectivity index (χ1v) is 11.1. The number of nitrogens with one attached hydrogen (secondary N) is 1. The van der Waals surface area contributed by atoms with Crippen LogP contribution in [0.3, 0.4) is 0 Å². The summed E-state index contributed by atoms with van der Waals surface area (Å²) in [7, 11) is -3.88. The molecule has 3 heterocycles. The number of aromatic nitrogens is 6. The second-order valence-electron chi connectivity index (χ2n) is 7.10. The molecule has 1 N–H and O–H groups in total. The molecule has 162 valence electrons. The van der Waals surface area contributed by atoms with Crippen molar-refractivity contribution in [3.63, 3.8) is 0 Å². The predicted molar refractivity (Wildman–Crippen MR) is 116 cm³/mol. The van der Waals surface area contributed by atoms with Crippen molar-refractivity contribution in [3.8, 4) is 11.5 Å². The molecular weight excluding hydrogens is 430 g/mol. The largest absolute Gasteiger partial charge is 0.310 e. The summed E-state index contributed by atoms with van der Waals surface area (Å²) in [4.78, 5) is 24.7. The van der Waals surface area contributed by atoms with Crippen molar-refractivity contribution in [1.82, 2.24) is 29.7 Å². The van der Waals surface area contributed by atoms with Gasteiger partial charge < -0.3 is 9.88 Å². The van der Waals surface area contributed by atoms with E-state index in [1.165, 1.54) is 36.5 Å². The predicted octanol–water partition coefficient (Wildman–Crippen LogP) is 2.80. The zero-order valence-corrected chi connectivity index (χ0v) is 18.1. The highest BCUT2D eigenvalue weighted by Crippen LogP contribution is 2.22. The lowest BCUT2D eigenvalue weighted by molar-refractivity contribution is 0.102. The molecule has 1 aromatic carbocycles. The fourth-order valence-electron chi connectivity index (χ4n) is 2.98. The Morgan fingerprint density at radius 1 is 1.09 bits per heavy atom. The molecule has 0 atom stereocenters. The number of carbonyl (C=O) groups is 1. The topological polar surface area (TPSA) is 133 Å². The lowest BCUT2D eigenvalue weighted by Crippen LogP contribution is -2.14. The zero-order valence-electron chi connectivity index (χ0n) is 17.2. The average Bonchev–Trinajstić information content (AvgIpc) is 3.30. The van der Waals surface area contributed by atoms with Crippen LogP contribution in [0.25, 0.3) is 11.5 Å². The van der Waals surface area contributed by atoms with Crippen LogP contribution in [0.2, 0.25) is 0 Å². The number of nitrogens with zero attached hydrogens (tertiary/aromatic N) is 6. The minimum atomic E-state index is -3.88. The Kier molecular flexibility index (Phi) is 5.73. The molecule has 0 fully saturated rings. The molecule has 4 aromatic rings. The number of amides is 1. The molecule has 1 amide bonds. The molecule has 3 aromatic heterocycles. The smallest absolute Gasteiger partial charge is 0.256 e. The standard InChI is InChI=1S/C21H19N7O3S/c1-14(2)28-13-24-27-20(28)17-7-4-8-18(25-17)26-21(29)15-5-3-6-16(11-15)32(30,31)19-9-10-22-12-23-19/h3-14H,1-2H3,(H,25,26,29). The van der Waals surface area contributed by atoms with Crippen LogP contribution in [0.1, 0.15) is 30.2 Å². The third kappa shape index (κ3) is 4.23. The van der Waals surface area contributed by atoms with Crippen LogP contribution in [0.15, 0.2) is 77.3 Å². The Hall–Kier alpha value is -3.99. The number of anilines is 1. The van der Waals surface area contributed by atoms with E-state index in [1.54, 1.807) is 24.5 Å². The van der Waals surface area contributed by atoms with Gasteiger partial charge in [0, 0.05) is 17.8 Å². The molecule has 0 unspecified atom stereocenters. The third-order valence-corrected chi connectivity index (χ3v) is 6.25. The molecule has 0 saturated carbocycles. The number of rotatable bonds is 6. The minimum absolute atomic E-state index is 0.0457. The van der Waals surface area contributed by atoms with Gasteiger partial charge in [-0.15, -0.1) is 10.2 Å². The van der Waals surface area contributed by atoms with Crippen LogP contribution in [0.4, 0.5) is 5.82 Å². The number of benzene rings is 1. The Bertz CT molecular complexity index is 1370. The van der Waals surface area contributed by atoms with E-state index in [9.17, 15) is 13.2 Å². The number of carbonyl (C=O) groups excluding carboxylic acids is 1. The highest BCUT2D eigenvalue weighted by Gasteiger charge is 2.21. The van der Waals surface area contributed by atoms with E-state index in [0.717, 1.165) is 6.33 Å². The Balaban J connectivity index is 1.59. The van der Waals surface area contributed by atoms with Gasteiger partial charge in [-0.25, -0.2) is 23.4 Å². The zero-order chi connectivity index (χ0) is 22.7. The van der Waals surface area contributed by atoms with Crippen LogP contribution in [-0.2, 0) is 9.84 Å². The normalized spacial score (nSPS) is 11.5. The molecule has 0 bridgehead atoms. The summed E-state index contributed by atoms with van der Waals surface area (Å²) < 4.78 is 27.4. The highest BCUT2D eigenvalue weighted by molar-refractivity contribution is 7.91. The quantitative estimate of drug-likeness (QED) is 0.444. The summed E-state index contributed by atoms with van der Waals surface area (Å²) in [5, 5.41) is 10.6. The first kappa shape index (κ1) is 21.2. The van der Waals surface area contributed by atoms with E-state index in [1.807, 2.05) is 18.4 Å². The summed E-state index contributed by atoms with van der Waals surface area (Å²) in [5.41, 5.74) is 0.715. The van der Waals surface area contributed by atoms with Gasteiger partial charge in [0.05, 0.1) is 4.90 Å². The van der Waals surface area contributed by atoms with Crippen LogP contribution in [0, 0.1) is 0 Å². The molecular formula is C21H19N7O3S. The fourth-order valence-corrected chi connectivity index (χ4v) is 4.19. The van der Waals surface area contributed by atoms with Crippen molar-refractivity contribution in [1.29, 1.82) is 0 Å². The minimum Gasteiger partial charge on any atom is -0.310 e. The summed E-state index contributed by atoms with van der Waals surface area (Å²) in [6.07, 6.45) is 4.12. The van der Waals surface area contributed by atoms with Gasteiger partial charge in [-0.1, -0.05) is 12.1 Å². The van der Waals surface area contributed by atoms with E-state index < -0.39 is 15.7 Å². The van der Waals surface area contributed by atoms with Crippen molar-refractivity contribution in [2.24, 2.45) is 0 Å². The van der Waals surface area contributed by atoms with E-state index in [2.05, 4.69) is 30.5 Å². The van der Waals surface area contributed by atoms with Gasteiger partial charge >= 0.3 is 0 Å². The van der Waals surface area contributed by atoms with Gasteiger partial charge in [-0.05, 0) is 50.2 Å². The summed E-state index contributed by atoms with van der Waals surface area (Å²) >= 11 is 0. The summed E-state index contributed by atoms with van der Waals surface area (Å²) in [6, 6.07) is 12.3.